The van der Waals surface area contributed by atoms with Gasteiger partial charge in [0, 0.05) is 17.5 Å². The molecule has 0 N–H and O–H groups in total. The third kappa shape index (κ3) is 2.92. The summed E-state index contributed by atoms with van der Waals surface area (Å²) in [5.41, 5.74) is 3.94. The molecule has 30 heavy (non-hydrogen) atoms. The average molecular weight is 436 g/mol. The third-order valence-electron chi connectivity index (χ3n) is 5.34. The van der Waals surface area contributed by atoms with E-state index in [-0.39, 0.29) is 5.56 Å². The number of para-hydroxylation sites is 2. The van der Waals surface area contributed by atoms with Gasteiger partial charge in [0.1, 0.15) is 5.75 Å². The van der Waals surface area contributed by atoms with Crippen LogP contribution in [0, 0.1) is 0 Å². The zero-order valence-electron chi connectivity index (χ0n) is 17.0. The fraction of sp³-hybridized carbons (Fsp3) is 0.217. The number of anilines is 1. The molecule has 0 amide bonds. The molecular formula is C23H21N3O2S2. The van der Waals surface area contributed by atoms with Gasteiger partial charge in [-0.1, -0.05) is 42.2 Å². The van der Waals surface area contributed by atoms with Gasteiger partial charge in [-0.3, -0.25) is 4.79 Å². The number of methoxy groups -OCH3 is 1. The lowest BCUT2D eigenvalue weighted by atomic mass is 10.2. The van der Waals surface area contributed by atoms with Crippen molar-refractivity contribution < 1.29 is 4.74 Å². The number of nitrogens with zero attached hydrogens (tertiary/aromatic N) is 3. The minimum Gasteiger partial charge on any atom is -0.497 e. The van der Waals surface area contributed by atoms with Crippen molar-refractivity contribution in [2.75, 3.05) is 18.6 Å². The van der Waals surface area contributed by atoms with Crippen molar-refractivity contribution in [1.29, 1.82) is 0 Å². The molecule has 0 bridgehead atoms. The van der Waals surface area contributed by atoms with E-state index in [1.165, 1.54) is 16.2 Å². The lowest BCUT2D eigenvalue weighted by Crippen LogP contribution is -2.25. The summed E-state index contributed by atoms with van der Waals surface area (Å²) in [4.78, 5) is 22.1. The van der Waals surface area contributed by atoms with Crippen LogP contribution in [0.4, 0.5) is 5.69 Å². The molecule has 0 unspecified atom stereocenters. The van der Waals surface area contributed by atoms with Crippen LogP contribution in [0.15, 0.2) is 63.3 Å². The van der Waals surface area contributed by atoms with E-state index in [9.17, 15) is 4.79 Å². The highest BCUT2D eigenvalue weighted by molar-refractivity contribution is 8.03. The number of allylic oxidation sites excluding steroid dienone is 1. The quantitative estimate of drug-likeness (QED) is 0.466. The first-order valence-corrected chi connectivity index (χ1v) is 11.6. The number of rotatable bonds is 4. The van der Waals surface area contributed by atoms with E-state index in [1.54, 1.807) is 23.3 Å². The van der Waals surface area contributed by atoms with Crippen molar-refractivity contribution >= 4 is 50.4 Å². The van der Waals surface area contributed by atoms with Crippen LogP contribution in [-0.4, -0.2) is 23.0 Å². The first-order valence-electron chi connectivity index (χ1n) is 9.92. The van der Waals surface area contributed by atoms with Crippen LogP contribution in [0.1, 0.15) is 20.3 Å². The maximum absolute atomic E-state index is 13.3. The molecular weight excluding hydrogens is 414 g/mol. The van der Waals surface area contributed by atoms with E-state index in [4.69, 9.17) is 4.74 Å². The molecule has 5 nitrogen and oxygen atoms in total. The van der Waals surface area contributed by atoms with Crippen LogP contribution in [0.3, 0.4) is 0 Å². The van der Waals surface area contributed by atoms with Crippen LogP contribution in [-0.2, 0) is 0 Å². The van der Waals surface area contributed by atoms with Gasteiger partial charge in [-0.15, -0.1) is 0 Å². The Hall–Kier alpha value is -2.77. The van der Waals surface area contributed by atoms with E-state index < -0.39 is 0 Å². The van der Waals surface area contributed by atoms with Gasteiger partial charge in [-0.25, -0.2) is 9.38 Å². The minimum atomic E-state index is 0.0163. The van der Waals surface area contributed by atoms with Gasteiger partial charge in [-0.05, 0) is 49.3 Å². The monoisotopic (exact) mass is 435 g/mol. The number of ether oxygens (including phenoxy) is 1. The summed E-state index contributed by atoms with van der Waals surface area (Å²) in [5, 5.41) is 1.13. The molecule has 0 fully saturated rings. The lowest BCUT2D eigenvalue weighted by Gasteiger charge is -2.18. The zero-order valence-corrected chi connectivity index (χ0v) is 18.6. The van der Waals surface area contributed by atoms with Crippen LogP contribution < -0.4 is 19.7 Å². The molecule has 2 aromatic carbocycles. The molecule has 5 rings (SSSR count). The van der Waals surface area contributed by atoms with Crippen LogP contribution in [0.2, 0.25) is 0 Å². The van der Waals surface area contributed by atoms with Crippen LogP contribution in [0.5, 0.6) is 5.75 Å². The molecule has 0 radical (unpaired) electrons. The summed E-state index contributed by atoms with van der Waals surface area (Å²) in [7, 11) is 1.69. The number of fused-ring (bicyclic) bond motifs is 4. The first kappa shape index (κ1) is 19.2. The normalized spacial score (nSPS) is 16.0. The Morgan fingerprint density at radius 2 is 2.03 bits per heavy atom. The topological polar surface area (TPSA) is 46.8 Å². The highest BCUT2D eigenvalue weighted by Crippen LogP contribution is 2.47. The molecule has 0 saturated carbocycles. The van der Waals surface area contributed by atoms with Gasteiger partial charge in [0.15, 0.2) is 4.96 Å². The van der Waals surface area contributed by atoms with Gasteiger partial charge in [0.05, 0.1) is 33.4 Å². The second-order valence-corrected chi connectivity index (χ2v) is 9.04. The van der Waals surface area contributed by atoms with Crippen molar-refractivity contribution in [1.82, 2.24) is 9.38 Å². The second kappa shape index (κ2) is 7.49. The van der Waals surface area contributed by atoms with Crippen molar-refractivity contribution in [3.05, 3.63) is 68.5 Å². The number of thiazole rings is 1. The number of imidazole rings is 1. The predicted molar refractivity (Wildman–Crippen MR) is 126 cm³/mol. The van der Waals surface area contributed by atoms with Gasteiger partial charge in [0.2, 0.25) is 0 Å². The Morgan fingerprint density at radius 3 is 2.80 bits per heavy atom. The molecule has 0 atom stereocenters. The van der Waals surface area contributed by atoms with Crippen molar-refractivity contribution in [3.8, 4) is 5.75 Å². The summed E-state index contributed by atoms with van der Waals surface area (Å²) in [6.07, 6.45) is 2.94. The minimum absolute atomic E-state index is 0.0163. The number of hydrogen-bond acceptors (Lipinski definition) is 6. The molecule has 0 saturated heterocycles. The van der Waals surface area contributed by atoms with Gasteiger partial charge in [-0.2, -0.15) is 0 Å². The summed E-state index contributed by atoms with van der Waals surface area (Å²) in [6.45, 7) is 5.08. The highest BCUT2D eigenvalue weighted by atomic mass is 32.2. The predicted octanol–water partition coefficient (Wildman–Crippen LogP) is 4.67. The number of aromatic nitrogens is 2. The third-order valence-corrected chi connectivity index (χ3v) is 7.55. The van der Waals surface area contributed by atoms with E-state index in [0.717, 1.165) is 55.5 Å². The summed E-state index contributed by atoms with van der Waals surface area (Å²) in [6, 6.07) is 13.9. The Kier molecular flexibility index (Phi) is 4.79. The van der Waals surface area contributed by atoms with Crippen LogP contribution >= 0.6 is 23.1 Å². The van der Waals surface area contributed by atoms with Gasteiger partial charge < -0.3 is 9.64 Å². The summed E-state index contributed by atoms with van der Waals surface area (Å²) < 4.78 is 7.91. The molecule has 0 aliphatic carbocycles. The Morgan fingerprint density at radius 1 is 1.20 bits per heavy atom. The van der Waals surface area contributed by atoms with E-state index in [1.807, 2.05) is 30.3 Å². The first-order chi connectivity index (χ1) is 14.6. The maximum Gasteiger partial charge on any atom is 0.275 e. The molecule has 3 heterocycles. The molecule has 0 spiro atoms. The van der Waals surface area contributed by atoms with Crippen molar-refractivity contribution in [3.63, 3.8) is 0 Å². The van der Waals surface area contributed by atoms with Crippen molar-refractivity contribution in [2.45, 2.75) is 25.2 Å². The number of thioether (sulfide) groups is 1. The fourth-order valence-electron chi connectivity index (χ4n) is 3.83. The largest absolute Gasteiger partial charge is 0.497 e. The van der Waals surface area contributed by atoms with E-state index in [2.05, 4.69) is 41.9 Å². The molecule has 4 aromatic rings. The smallest absolute Gasteiger partial charge is 0.275 e. The molecule has 152 valence electrons. The van der Waals surface area contributed by atoms with Gasteiger partial charge >= 0.3 is 0 Å². The Balaban J connectivity index is 1.67. The van der Waals surface area contributed by atoms with E-state index in [0.29, 0.717) is 0 Å². The number of hydrogen-bond donors (Lipinski definition) is 0. The van der Waals surface area contributed by atoms with E-state index >= 15 is 0 Å². The Bertz CT molecular complexity index is 1420. The molecule has 1 aliphatic heterocycles. The summed E-state index contributed by atoms with van der Waals surface area (Å²) >= 11 is 3.21. The maximum atomic E-state index is 13.3. The molecule has 2 aromatic heterocycles. The zero-order chi connectivity index (χ0) is 20.8. The van der Waals surface area contributed by atoms with Gasteiger partial charge in [0.25, 0.3) is 5.56 Å². The van der Waals surface area contributed by atoms with Crippen molar-refractivity contribution in [2.24, 2.45) is 0 Å². The standard InChI is InChI=1S/C23H21N3O2S2/c1-4-14(12-20-25(5-2)18-13-15(28-3)10-11-19(18)29-20)21-22(27)26-17-9-7-6-8-16(17)24-23(26)30-21/h6-13H,4-5H2,1-3H3/b20-12-,21-14+. The number of benzene rings is 2. The average Bonchev–Trinajstić information content (AvgIpc) is 3.41. The van der Waals surface area contributed by atoms with Crippen LogP contribution in [0.25, 0.3) is 21.6 Å². The second-order valence-electron chi connectivity index (χ2n) is 7.00. The summed E-state index contributed by atoms with van der Waals surface area (Å²) in [5.74, 6) is 0.849. The molecule has 7 heteroatoms. The molecule has 1 aliphatic rings. The fourth-order valence-corrected chi connectivity index (χ4v) is 6.11. The SMILES string of the molecule is CCC(/C=C1\Sc2ccc(OC)cc2N1CC)=c1\sc2nc3ccccc3n2c1=O. The Labute approximate surface area is 182 Å². The lowest BCUT2D eigenvalue weighted by molar-refractivity contribution is 0.414. The highest BCUT2D eigenvalue weighted by Gasteiger charge is 2.25.